The van der Waals surface area contributed by atoms with Crippen LogP contribution in [0.15, 0.2) is 29.4 Å². The lowest BCUT2D eigenvalue weighted by Crippen LogP contribution is -2.32. The molecule has 0 heterocycles. The number of nitrogens with one attached hydrogen (secondary N) is 1. The van der Waals surface area contributed by atoms with E-state index >= 15 is 0 Å². The van der Waals surface area contributed by atoms with Crippen molar-refractivity contribution in [2.75, 3.05) is 5.43 Å². The summed E-state index contributed by atoms with van der Waals surface area (Å²) >= 11 is 0. The van der Waals surface area contributed by atoms with E-state index in [1.54, 1.807) is 0 Å². The molecule has 1 atom stereocenters. The minimum atomic E-state index is -0.988. The summed E-state index contributed by atoms with van der Waals surface area (Å²) in [5.41, 5.74) is 11.0. The summed E-state index contributed by atoms with van der Waals surface area (Å²) in [4.78, 5) is 10.6. The molecule has 0 saturated heterocycles. The molecule has 5 heteroatoms. The van der Waals surface area contributed by atoms with Crippen LogP contribution in [0.25, 0.3) is 0 Å². The number of hydrogen-bond donors (Lipinski definition) is 3. The molecule has 1 aromatic rings. The van der Waals surface area contributed by atoms with E-state index in [1.165, 1.54) is 0 Å². The third kappa shape index (κ3) is 4.65. The zero-order valence-corrected chi connectivity index (χ0v) is 9.97. The Hall–Kier alpha value is -1.88. The van der Waals surface area contributed by atoms with Gasteiger partial charge in [0.2, 0.25) is 0 Å². The summed E-state index contributed by atoms with van der Waals surface area (Å²) in [7, 11) is 0. The molecule has 1 unspecified atom stereocenters. The van der Waals surface area contributed by atoms with Gasteiger partial charge in [0.1, 0.15) is 6.04 Å². The van der Waals surface area contributed by atoms with E-state index in [-0.39, 0.29) is 0 Å². The number of benzene rings is 1. The second kappa shape index (κ2) is 6.00. The molecule has 0 aromatic heterocycles. The van der Waals surface area contributed by atoms with Crippen molar-refractivity contribution in [3.63, 3.8) is 0 Å². The standard InChI is InChI=1S/C12H17N3O2/c1-8(2)14-15-10-5-3-9(4-6-10)7-11(13)12(16)17/h3-6,11,15H,7,13H2,1-2H3,(H,16,17). The van der Waals surface area contributed by atoms with E-state index in [2.05, 4.69) is 10.5 Å². The average molecular weight is 235 g/mol. The molecule has 0 amide bonds. The highest BCUT2D eigenvalue weighted by Crippen LogP contribution is 2.10. The fourth-order valence-electron chi connectivity index (χ4n) is 1.23. The fourth-order valence-corrected chi connectivity index (χ4v) is 1.23. The van der Waals surface area contributed by atoms with Crippen molar-refractivity contribution in [3.8, 4) is 0 Å². The monoisotopic (exact) mass is 235 g/mol. The van der Waals surface area contributed by atoms with Crippen LogP contribution < -0.4 is 11.2 Å². The molecule has 92 valence electrons. The van der Waals surface area contributed by atoms with E-state index in [1.807, 2.05) is 38.1 Å². The first-order valence-electron chi connectivity index (χ1n) is 5.33. The Bertz CT molecular complexity index is 408. The number of carboxylic acid groups (broad SMARTS) is 1. The van der Waals surface area contributed by atoms with Gasteiger partial charge in [-0.1, -0.05) is 12.1 Å². The van der Waals surface area contributed by atoms with E-state index in [0.29, 0.717) is 6.42 Å². The lowest BCUT2D eigenvalue weighted by molar-refractivity contribution is -0.138. The van der Waals surface area contributed by atoms with Crippen LogP contribution in [0, 0.1) is 0 Å². The Kier molecular flexibility index (Phi) is 4.66. The van der Waals surface area contributed by atoms with Crippen LogP contribution in [-0.2, 0) is 11.2 Å². The topological polar surface area (TPSA) is 87.7 Å². The third-order valence-corrected chi connectivity index (χ3v) is 2.14. The zero-order chi connectivity index (χ0) is 12.8. The smallest absolute Gasteiger partial charge is 0.320 e. The minimum absolute atomic E-state index is 0.325. The van der Waals surface area contributed by atoms with Crippen molar-refractivity contribution in [2.45, 2.75) is 26.3 Å². The van der Waals surface area contributed by atoms with Gasteiger partial charge in [0, 0.05) is 5.71 Å². The first-order chi connectivity index (χ1) is 7.99. The molecule has 4 N–H and O–H groups in total. The highest BCUT2D eigenvalue weighted by atomic mass is 16.4. The molecule has 1 rings (SSSR count). The molecule has 0 bridgehead atoms. The summed E-state index contributed by atoms with van der Waals surface area (Å²) in [5, 5.41) is 12.7. The third-order valence-electron chi connectivity index (χ3n) is 2.14. The van der Waals surface area contributed by atoms with Crippen molar-refractivity contribution in [2.24, 2.45) is 10.8 Å². The van der Waals surface area contributed by atoms with Gasteiger partial charge in [-0.2, -0.15) is 5.10 Å². The summed E-state index contributed by atoms with van der Waals surface area (Å²) in [6.45, 7) is 3.79. The lowest BCUT2D eigenvalue weighted by Gasteiger charge is -2.07. The van der Waals surface area contributed by atoms with Crippen LogP contribution in [0.5, 0.6) is 0 Å². The number of aliphatic carboxylic acids is 1. The maximum atomic E-state index is 10.6. The van der Waals surface area contributed by atoms with E-state index in [0.717, 1.165) is 17.0 Å². The predicted octanol–water partition coefficient (Wildman–Crippen LogP) is 1.45. The Morgan fingerprint density at radius 2 is 2.00 bits per heavy atom. The predicted molar refractivity (Wildman–Crippen MR) is 68.2 cm³/mol. The highest BCUT2D eigenvalue weighted by Gasteiger charge is 2.11. The van der Waals surface area contributed by atoms with Gasteiger partial charge in [0.05, 0.1) is 5.69 Å². The molecule has 0 saturated carbocycles. The largest absolute Gasteiger partial charge is 0.480 e. The summed E-state index contributed by atoms with van der Waals surface area (Å²) in [6, 6.07) is 6.51. The SMILES string of the molecule is CC(C)=NNc1ccc(CC(N)C(=O)O)cc1. The molecule has 0 aliphatic heterocycles. The van der Waals surface area contributed by atoms with Crippen molar-refractivity contribution in [1.82, 2.24) is 0 Å². The Morgan fingerprint density at radius 1 is 1.41 bits per heavy atom. The molecule has 0 aliphatic carbocycles. The minimum Gasteiger partial charge on any atom is -0.480 e. The number of carboxylic acids is 1. The lowest BCUT2D eigenvalue weighted by atomic mass is 10.1. The van der Waals surface area contributed by atoms with Gasteiger partial charge in [-0.05, 0) is 38.0 Å². The van der Waals surface area contributed by atoms with Crippen molar-refractivity contribution in [1.29, 1.82) is 0 Å². The van der Waals surface area contributed by atoms with Crippen LogP contribution in [0.2, 0.25) is 0 Å². The van der Waals surface area contributed by atoms with E-state index < -0.39 is 12.0 Å². The van der Waals surface area contributed by atoms with Crippen LogP contribution in [-0.4, -0.2) is 22.8 Å². The van der Waals surface area contributed by atoms with Crippen LogP contribution >= 0.6 is 0 Å². The van der Waals surface area contributed by atoms with Gasteiger partial charge in [0.25, 0.3) is 0 Å². The molecule has 0 spiro atoms. The van der Waals surface area contributed by atoms with Crippen LogP contribution in [0.4, 0.5) is 5.69 Å². The summed E-state index contributed by atoms with van der Waals surface area (Å²) in [6.07, 6.45) is 0.325. The number of carbonyl (C=O) groups is 1. The Labute approximate surface area is 100 Å². The number of nitrogens with zero attached hydrogens (tertiary/aromatic N) is 1. The van der Waals surface area contributed by atoms with Crippen molar-refractivity contribution in [3.05, 3.63) is 29.8 Å². The quantitative estimate of drug-likeness (QED) is 0.532. The molecule has 0 aliphatic rings. The van der Waals surface area contributed by atoms with Crippen LogP contribution in [0.3, 0.4) is 0 Å². The molecule has 0 radical (unpaired) electrons. The second-order valence-electron chi connectivity index (χ2n) is 4.02. The number of rotatable bonds is 5. The van der Waals surface area contributed by atoms with Gasteiger partial charge in [0.15, 0.2) is 0 Å². The number of hydrazone groups is 1. The van der Waals surface area contributed by atoms with Gasteiger partial charge in [-0.15, -0.1) is 0 Å². The molecule has 5 nitrogen and oxygen atoms in total. The van der Waals surface area contributed by atoms with Gasteiger partial charge < -0.3 is 10.8 Å². The number of anilines is 1. The fraction of sp³-hybridized carbons (Fsp3) is 0.333. The molecule has 17 heavy (non-hydrogen) atoms. The van der Waals surface area contributed by atoms with Gasteiger partial charge in [-0.25, -0.2) is 0 Å². The van der Waals surface area contributed by atoms with Gasteiger partial charge >= 0.3 is 5.97 Å². The van der Waals surface area contributed by atoms with Gasteiger partial charge in [-0.3, -0.25) is 10.2 Å². The van der Waals surface area contributed by atoms with Crippen molar-refractivity contribution < 1.29 is 9.90 Å². The maximum Gasteiger partial charge on any atom is 0.320 e. The Balaban J connectivity index is 2.62. The first kappa shape index (κ1) is 13.2. The molecular weight excluding hydrogens is 218 g/mol. The normalized spacial score (nSPS) is 11.7. The Morgan fingerprint density at radius 3 is 2.47 bits per heavy atom. The summed E-state index contributed by atoms with van der Waals surface area (Å²) in [5.74, 6) is -0.988. The average Bonchev–Trinajstić information content (AvgIpc) is 2.28. The zero-order valence-electron chi connectivity index (χ0n) is 9.97. The second-order valence-corrected chi connectivity index (χ2v) is 4.02. The number of nitrogens with two attached hydrogens (primary N) is 1. The molecule has 1 aromatic carbocycles. The molecule has 0 fully saturated rings. The van der Waals surface area contributed by atoms with Crippen LogP contribution in [0.1, 0.15) is 19.4 Å². The maximum absolute atomic E-state index is 10.6. The number of hydrogen-bond acceptors (Lipinski definition) is 4. The van der Waals surface area contributed by atoms with Crippen molar-refractivity contribution >= 4 is 17.4 Å². The highest BCUT2D eigenvalue weighted by molar-refractivity contribution is 5.79. The van der Waals surface area contributed by atoms with E-state index in [9.17, 15) is 4.79 Å². The van der Waals surface area contributed by atoms with E-state index in [4.69, 9.17) is 10.8 Å². The summed E-state index contributed by atoms with van der Waals surface area (Å²) < 4.78 is 0. The molecular formula is C12H17N3O2. The first-order valence-corrected chi connectivity index (χ1v) is 5.33.